The smallest absolute Gasteiger partial charge is 0.120 e. The first kappa shape index (κ1) is 26.7. The van der Waals surface area contributed by atoms with E-state index in [4.69, 9.17) is 0 Å². The van der Waals surface area contributed by atoms with Gasteiger partial charge in [-0.2, -0.15) is 4.91 Å². The molecule has 30 heavy (non-hydrogen) atoms. The maximum absolute atomic E-state index is 11.0. The SMILES string of the molecule is C=C/C=C(/C=N/C(CCN=O)C(CCO)/N=C/C(=C/C=C)C(=C\C)/N=O)C(\O)=C/C. The van der Waals surface area contributed by atoms with E-state index in [-0.39, 0.29) is 31.0 Å². The number of allylic oxidation sites excluding steroid dienone is 8. The van der Waals surface area contributed by atoms with E-state index >= 15 is 0 Å². The highest BCUT2D eigenvalue weighted by atomic mass is 16.3. The number of hydrogen-bond donors (Lipinski definition) is 2. The van der Waals surface area contributed by atoms with Gasteiger partial charge in [0, 0.05) is 30.2 Å². The van der Waals surface area contributed by atoms with Crippen LogP contribution in [0.2, 0.25) is 0 Å². The number of aliphatic hydroxyl groups excluding tert-OH is 2. The second-order valence-electron chi connectivity index (χ2n) is 6.00. The minimum atomic E-state index is -0.497. The molecule has 2 atom stereocenters. The van der Waals surface area contributed by atoms with Crippen LogP contribution in [0.4, 0.5) is 0 Å². The van der Waals surface area contributed by atoms with Crippen molar-refractivity contribution in [3.05, 3.63) is 82.0 Å². The molecule has 2 N–H and O–H groups in total. The molecule has 0 bridgehead atoms. The van der Waals surface area contributed by atoms with Gasteiger partial charge in [0.05, 0.1) is 18.6 Å². The zero-order valence-electron chi connectivity index (χ0n) is 17.5. The lowest BCUT2D eigenvalue weighted by atomic mass is 10.0. The Labute approximate surface area is 177 Å². The quantitative estimate of drug-likeness (QED) is 0.173. The van der Waals surface area contributed by atoms with Gasteiger partial charge in [0.1, 0.15) is 11.5 Å². The van der Waals surface area contributed by atoms with Gasteiger partial charge in [0.15, 0.2) is 0 Å². The Morgan fingerprint density at radius 1 is 0.933 bits per heavy atom. The summed E-state index contributed by atoms with van der Waals surface area (Å²) in [6.07, 6.45) is 12.8. The first-order chi connectivity index (χ1) is 14.5. The van der Waals surface area contributed by atoms with Gasteiger partial charge >= 0.3 is 0 Å². The lowest BCUT2D eigenvalue weighted by Crippen LogP contribution is -2.25. The predicted molar refractivity (Wildman–Crippen MR) is 124 cm³/mol. The third kappa shape index (κ3) is 9.79. The number of rotatable bonds is 15. The molecule has 162 valence electrons. The summed E-state index contributed by atoms with van der Waals surface area (Å²) in [5.74, 6) is 0.0270. The molecule has 0 fully saturated rings. The molecule has 8 heteroatoms. The van der Waals surface area contributed by atoms with Crippen molar-refractivity contribution >= 4 is 12.4 Å². The Balaban J connectivity index is 6.01. The predicted octanol–water partition coefficient (Wildman–Crippen LogP) is 4.76. The molecule has 0 aliphatic rings. The Morgan fingerprint density at radius 2 is 1.50 bits per heavy atom. The molecule has 0 aliphatic carbocycles. The van der Waals surface area contributed by atoms with Crippen molar-refractivity contribution in [1.29, 1.82) is 0 Å². The topological polar surface area (TPSA) is 124 Å². The van der Waals surface area contributed by atoms with E-state index in [2.05, 4.69) is 33.5 Å². The molecule has 0 aliphatic heterocycles. The van der Waals surface area contributed by atoms with Gasteiger partial charge in [-0.05, 0) is 37.9 Å². The Kier molecular flexibility index (Phi) is 14.9. The van der Waals surface area contributed by atoms with Crippen LogP contribution in [0.25, 0.3) is 0 Å². The summed E-state index contributed by atoms with van der Waals surface area (Å²) in [5, 5.41) is 25.3. The molecule has 2 unspecified atom stereocenters. The van der Waals surface area contributed by atoms with Gasteiger partial charge in [-0.1, -0.05) is 48.7 Å². The normalized spacial score (nSPS) is 16.0. The molecule has 8 nitrogen and oxygen atoms in total. The highest BCUT2D eigenvalue weighted by Crippen LogP contribution is 2.16. The lowest BCUT2D eigenvalue weighted by Gasteiger charge is -2.19. The van der Waals surface area contributed by atoms with Crippen LogP contribution in [0.3, 0.4) is 0 Å². The van der Waals surface area contributed by atoms with Crippen LogP contribution in [0.1, 0.15) is 26.7 Å². The van der Waals surface area contributed by atoms with Crippen molar-refractivity contribution in [3.8, 4) is 0 Å². The summed E-state index contributed by atoms with van der Waals surface area (Å²) in [6.45, 7) is 10.5. The van der Waals surface area contributed by atoms with Gasteiger partial charge < -0.3 is 10.2 Å². The Morgan fingerprint density at radius 3 is 1.97 bits per heavy atom. The van der Waals surface area contributed by atoms with Gasteiger partial charge in [-0.15, -0.1) is 4.91 Å². The summed E-state index contributed by atoms with van der Waals surface area (Å²) in [5.41, 5.74) is 1.10. The van der Waals surface area contributed by atoms with Crippen LogP contribution < -0.4 is 0 Å². The fourth-order valence-electron chi connectivity index (χ4n) is 2.48. The fourth-order valence-corrected chi connectivity index (χ4v) is 2.48. The summed E-state index contributed by atoms with van der Waals surface area (Å²) in [6, 6.07) is -0.990. The molecule has 0 amide bonds. The first-order valence-electron chi connectivity index (χ1n) is 9.50. The molecule has 0 saturated carbocycles. The van der Waals surface area contributed by atoms with Crippen LogP contribution in [-0.2, 0) is 0 Å². The Bertz CT molecular complexity index is 761. The average Bonchev–Trinajstić information content (AvgIpc) is 2.76. The highest BCUT2D eigenvalue weighted by Gasteiger charge is 2.20. The van der Waals surface area contributed by atoms with Crippen molar-refractivity contribution in [3.63, 3.8) is 0 Å². The summed E-state index contributed by atoms with van der Waals surface area (Å²) in [4.78, 5) is 30.6. The number of aliphatic hydroxyl groups is 2. The number of nitroso groups, excluding NO2 is 2. The van der Waals surface area contributed by atoms with Crippen LogP contribution >= 0.6 is 0 Å². The molecular formula is C22H30N4O4. The minimum Gasteiger partial charge on any atom is -0.508 e. The van der Waals surface area contributed by atoms with Gasteiger partial charge in [0.25, 0.3) is 0 Å². The zero-order valence-corrected chi connectivity index (χ0v) is 17.5. The van der Waals surface area contributed by atoms with E-state index < -0.39 is 12.1 Å². The van der Waals surface area contributed by atoms with Gasteiger partial charge in [0.2, 0.25) is 0 Å². The molecular weight excluding hydrogens is 384 g/mol. The number of aliphatic imine (C=N–C) groups is 2. The van der Waals surface area contributed by atoms with Gasteiger partial charge in [-0.25, -0.2) is 0 Å². The van der Waals surface area contributed by atoms with Crippen LogP contribution in [-0.4, -0.2) is 47.9 Å². The third-order valence-corrected chi connectivity index (χ3v) is 4.03. The van der Waals surface area contributed by atoms with E-state index in [0.29, 0.717) is 17.6 Å². The number of hydrogen-bond acceptors (Lipinski definition) is 8. The zero-order chi connectivity index (χ0) is 22.8. The largest absolute Gasteiger partial charge is 0.508 e. The maximum atomic E-state index is 11.0. The van der Waals surface area contributed by atoms with E-state index in [1.165, 1.54) is 30.7 Å². The van der Waals surface area contributed by atoms with Crippen LogP contribution in [0, 0.1) is 9.81 Å². The molecule has 0 aromatic rings. The van der Waals surface area contributed by atoms with Crippen molar-refractivity contribution < 1.29 is 10.2 Å². The molecule has 0 saturated heterocycles. The van der Waals surface area contributed by atoms with Crippen molar-refractivity contribution in [2.45, 2.75) is 38.8 Å². The highest BCUT2D eigenvalue weighted by molar-refractivity contribution is 5.85. The van der Waals surface area contributed by atoms with Crippen LogP contribution in [0.5, 0.6) is 0 Å². The molecule has 0 rings (SSSR count). The van der Waals surface area contributed by atoms with E-state index in [9.17, 15) is 20.0 Å². The maximum Gasteiger partial charge on any atom is 0.120 e. The van der Waals surface area contributed by atoms with Crippen molar-refractivity contribution in [2.75, 3.05) is 13.2 Å². The molecule has 0 heterocycles. The third-order valence-electron chi connectivity index (χ3n) is 4.03. The molecule has 0 radical (unpaired) electrons. The van der Waals surface area contributed by atoms with Crippen LogP contribution in [0.15, 0.2) is 92.6 Å². The second-order valence-corrected chi connectivity index (χ2v) is 6.00. The number of nitrogens with zero attached hydrogens (tertiary/aromatic N) is 4. The summed E-state index contributed by atoms with van der Waals surface area (Å²) < 4.78 is 0. The molecule has 0 aromatic heterocycles. The molecule has 0 spiro atoms. The molecule has 0 aromatic carbocycles. The first-order valence-corrected chi connectivity index (χ1v) is 9.50. The second kappa shape index (κ2) is 16.7. The summed E-state index contributed by atoms with van der Waals surface area (Å²) >= 11 is 0. The standard InChI is InChI=1S/C22H30N4O4/c1-5-9-17(19(7-3)26-30)15-23-21(12-14-27)20(11-13-25-29)24-16-18(10-6-2)22(28)8-4/h5-10,15-16,20-21,27-28H,1-2,11-14H2,3-4H3/b17-9-,18-10-,19-7+,22-8+,23-15+,24-16+. The average molecular weight is 415 g/mol. The summed E-state index contributed by atoms with van der Waals surface area (Å²) in [7, 11) is 0. The fraction of sp³-hybridized carbons (Fsp3) is 0.364. The van der Waals surface area contributed by atoms with Crippen molar-refractivity contribution in [1.82, 2.24) is 0 Å². The lowest BCUT2D eigenvalue weighted by molar-refractivity contribution is 0.267. The monoisotopic (exact) mass is 414 g/mol. The Hall–Kier alpha value is -3.26. The van der Waals surface area contributed by atoms with E-state index in [1.54, 1.807) is 32.1 Å². The van der Waals surface area contributed by atoms with E-state index in [0.717, 1.165) is 0 Å². The minimum absolute atomic E-state index is 0.0148. The van der Waals surface area contributed by atoms with E-state index in [1.807, 2.05) is 0 Å². The van der Waals surface area contributed by atoms with Crippen molar-refractivity contribution in [2.24, 2.45) is 20.3 Å². The van der Waals surface area contributed by atoms with Gasteiger partial charge in [-0.3, -0.25) is 9.98 Å².